The second-order valence-electron chi connectivity index (χ2n) is 14.9. The third kappa shape index (κ3) is 18.5. The smallest absolute Gasteiger partial charge is 0.446 e. The van der Waals surface area contributed by atoms with Gasteiger partial charge in [-0.2, -0.15) is 18.6 Å². The van der Waals surface area contributed by atoms with E-state index in [-0.39, 0.29) is 40.4 Å². The molecule has 1 fully saturated rings. The van der Waals surface area contributed by atoms with Crippen LogP contribution in [0, 0.1) is 11.8 Å². The first-order chi connectivity index (χ1) is 28.0. The molecule has 0 radical (unpaired) electrons. The van der Waals surface area contributed by atoms with Crippen molar-refractivity contribution in [3.8, 4) is 11.8 Å². The Hall–Kier alpha value is -1.16. The molecule has 60 heavy (non-hydrogen) atoms. The van der Waals surface area contributed by atoms with Gasteiger partial charge in [0.15, 0.2) is 0 Å². The van der Waals surface area contributed by atoms with Crippen LogP contribution >= 0.6 is 67.0 Å². The van der Waals surface area contributed by atoms with Crippen LogP contribution in [0.25, 0.3) is 11.0 Å². The lowest BCUT2D eigenvalue weighted by Crippen LogP contribution is -2.37. The maximum absolute atomic E-state index is 12.4. The van der Waals surface area contributed by atoms with E-state index in [9.17, 15) is 28.6 Å². The second kappa shape index (κ2) is 23.2. The zero-order chi connectivity index (χ0) is 44.2. The van der Waals surface area contributed by atoms with Crippen LogP contribution in [0.1, 0.15) is 84.9 Å². The number of nitrogen functional groups attached to an aromatic ring is 1. The van der Waals surface area contributed by atoms with Crippen molar-refractivity contribution in [3.63, 3.8) is 0 Å². The Morgan fingerprint density at radius 1 is 1.08 bits per heavy atom. The van der Waals surface area contributed by atoms with Gasteiger partial charge in [0.2, 0.25) is 0 Å². The maximum atomic E-state index is 12.4. The topological polar surface area (TPSA) is 286 Å². The molecule has 8 N–H and O–H groups in total. The Balaban J connectivity index is 1.35. The zero-order valence-electron chi connectivity index (χ0n) is 33.6. The summed E-state index contributed by atoms with van der Waals surface area (Å²) in [6, 6.07) is 0. The fraction of sp³-hybridized carbons (Fsp3) is 0.667. The number of nitrogens with zero attached hydrogens (tertiary/aromatic N) is 3. The van der Waals surface area contributed by atoms with Gasteiger partial charge >= 0.3 is 29.9 Å². The number of anilines is 1. The van der Waals surface area contributed by atoms with Gasteiger partial charge in [-0.15, -0.1) is 0 Å². The SMILES string of the molecule is CC(C)(C)SSCOC1C[C@H](n2cc(C#CCOCSSC(C)(C)CNC(=O)OC3CC/C=C/CCC3)c3c(N)ncnc32)O[C@@H]1CO[P+](O)(O)OP(=O)(O)OP(=O)(O)O. The minimum atomic E-state index is -5.67. The molecule has 0 bridgehead atoms. The molecule has 27 heteroatoms. The number of hydrogen-bond acceptors (Lipinski definition) is 19. The molecular weight excluding hydrogens is 928 g/mol. The number of amides is 1. The number of carbonyl (C=O) groups is 1. The number of carbonyl (C=O) groups excluding carboxylic acids is 1. The summed E-state index contributed by atoms with van der Waals surface area (Å²) in [6.45, 7) is 9.99. The van der Waals surface area contributed by atoms with Crippen molar-refractivity contribution in [3.05, 3.63) is 30.2 Å². The number of nitrogens with two attached hydrogens (primary N) is 1. The fourth-order valence-electron chi connectivity index (χ4n) is 5.61. The van der Waals surface area contributed by atoms with Crippen LogP contribution in [0.3, 0.4) is 0 Å². The maximum Gasteiger partial charge on any atom is 0.580 e. The molecule has 4 rings (SSSR count). The van der Waals surface area contributed by atoms with Gasteiger partial charge in [-0.1, -0.05) is 87.9 Å². The largest absolute Gasteiger partial charge is 0.580 e. The van der Waals surface area contributed by atoms with Gasteiger partial charge in [0.25, 0.3) is 0 Å². The highest BCUT2D eigenvalue weighted by molar-refractivity contribution is 8.77. The van der Waals surface area contributed by atoms with E-state index >= 15 is 0 Å². The predicted octanol–water partition coefficient (Wildman–Crippen LogP) is 6.83. The minimum Gasteiger partial charge on any atom is -0.446 e. The van der Waals surface area contributed by atoms with Crippen molar-refractivity contribution in [2.24, 2.45) is 0 Å². The van der Waals surface area contributed by atoms with E-state index in [0.29, 0.717) is 29.1 Å². The molecule has 5 atom stereocenters. The van der Waals surface area contributed by atoms with Crippen LogP contribution in [-0.4, -0.2) is 105 Å². The molecule has 1 aliphatic heterocycles. The predicted molar refractivity (Wildman–Crippen MR) is 234 cm³/mol. The van der Waals surface area contributed by atoms with Crippen LogP contribution < -0.4 is 11.1 Å². The highest BCUT2D eigenvalue weighted by Gasteiger charge is 2.53. The molecule has 1 aliphatic carbocycles. The summed E-state index contributed by atoms with van der Waals surface area (Å²) < 4.78 is 60.8. The van der Waals surface area contributed by atoms with E-state index in [1.807, 2.05) is 34.6 Å². The fourth-order valence-corrected chi connectivity index (χ4v) is 12.8. The molecule has 2 aromatic heterocycles. The third-order valence-electron chi connectivity index (χ3n) is 8.06. The van der Waals surface area contributed by atoms with Crippen LogP contribution in [0.2, 0.25) is 0 Å². The lowest BCUT2D eigenvalue weighted by atomic mass is 10.0. The quantitative estimate of drug-likeness (QED) is 0.0179. The summed E-state index contributed by atoms with van der Waals surface area (Å²) in [4.78, 5) is 68.7. The first-order valence-corrected chi connectivity index (χ1v) is 27.7. The highest BCUT2D eigenvalue weighted by Crippen LogP contribution is 2.69. The number of phosphoric acid groups is 2. The molecule has 2 aliphatic rings. The van der Waals surface area contributed by atoms with Crippen molar-refractivity contribution in [1.29, 1.82) is 0 Å². The van der Waals surface area contributed by atoms with Gasteiger partial charge in [-0.3, -0.25) is 4.89 Å². The number of fused-ring (bicyclic) bond motifs is 1. The van der Waals surface area contributed by atoms with Crippen molar-refractivity contribution < 1.29 is 70.5 Å². The van der Waals surface area contributed by atoms with Crippen molar-refractivity contribution in [2.45, 2.75) is 107 Å². The molecule has 0 saturated carbocycles. The number of alkyl carbamates (subject to hydrolysis) is 1. The molecule has 338 valence electrons. The average Bonchev–Trinajstić information content (AvgIpc) is 3.69. The molecule has 0 spiro atoms. The second-order valence-corrected chi connectivity index (χ2v) is 25.4. The Bertz CT molecular complexity index is 1920. The van der Waals surface area contributed by atoms with Crippen molar-refractivity contribution in [2.75, 3.05) is 37.4 Å². The average molecular weight is 981 g/mol. The third-order valence-corrected chi connectivity index (χ3v) is 17.9. The van der Waals surface area contributed by atoms with Crippen molar-refractivity contribution >= 4 is 89.9 Å². The molecule has 2 aromatic rings. The van der Waals surface area contributed by atoms with Crippen LogP contribution in [-0.2, 0) is 41.2 Å². The zero-order valence-corrected chi connectivity index (χ0v) is 39.6. The summed E-state index contributed by atoms with van der Waals surface area (Å²) >= 11 is 0. The lowest BCUT2D eigenvalue weighted by Gasteiger charge is -2.24. The molecule has 3 unspecified atom stereocenters. The number of aromatic nitrogens is 3. The highest BCUT2D eigenvalue weighted by atomic mass is 33.1. The van der Waals surface area contributed by atoms with Crippen molar-refractivity contribution in [1.82, 2.24) is 19.9 Å². The van der Waals surface area contributed by atoms with Crippen LogP contribution in [0.5, 0.6) is 0 Å². The van der Waals surface area contributed by atoms with E-state index in [0.717, 1.165) is 32.1 Å². The Morgan fingerprint density at radius 2 is 1.82 bits per heavy atom. The molecule has 20 nitrogen and oxygen atoms in total. The van der Waals surface area contributed by atoms with E-state index in [1.54, 1.807) is 32.4 Å². The normalized spacial score (nSPS) is 22.0. The molecule has 1 saturated heterocycles. The van der Waals surface area contributed by atoms with Gasteiger partial charge in [-0.05, 0) is 50.3 Å². The van der Waals surface area contributed by atoms with E-state index in [2.05, 4.69) is 47.9 Å². The van der Waals surface area contributed by atoms with Gasteiger partial charge in [-0.25, -0.2) is 23.9 Å². The monoisotopic (exact) mass is 980 g/mol. The van der Waals surface area contributed by atoms with E-state index < -0.39 is 55.0 Å². The van der Waals surface area contributed by atoms with Gasteiger partial charge < -0.3 is 44.4 Å². The molecule has 3 heterocycles. The molecule has 0 aromatic carbocycles. The van der Waals surface area contributed by atoms with Crippen LogP contribution in [0.15, 0.2) is 24.7 Å². The first-order valence-electron chi connectivity index (χ1n) is 18.5. The van der Waals surface area contributed by atoms with E-state index in [1.165, 1.54) is 27.9 Å². The summed E-state index contributed by atoms with van der Waals surface area (Å²) in [6.07, 6.45) is 9.03. The number of rotatable bonds is 20. The first kappa shape index (κ1) is 51.5. The van der Waals surface area contributed by atoms with Crippen LogP contribution in [0.4, 0.5) is 10.6 Å². The summed E-state index contributed by atoms with van der Waals surface area (Å²) in [5.74, 6) is 6.74. The van der Waals surface area contributed by atoms with Gasteiger partial charge in [0.05, 0.1) is 17.1 Å². The number of allylic oxidation sites excluding steroid dienone is 2. The lowest BCUT2D eigenvalue weighted by molar-refractivity contribution is -0.0544. The summed E-state index contributed by atoms with van der Waals surface area (Å²) in [7, 11) is -10.3. The number of nitrogens with one attached hydrogen (secondary N) is 1. The molecular formula is C33H53N5O15P3S4+. The minimum absolute atomic E-state index is 0.0729. The Labute approximate surface area is 365 Å². The number of hydrogen-bond donors (Lipinski definition) is 7. The Morgan fingerprint density at radius 3 is 2.55 bits per heavy atom. The standard InChI is InChI=1S/C33H52N5O15P3S4/c1-32(2,3)59-58-22-48-25-16-27(51-26(25)18-49-55(43,44)53-56(45,46)52-54(40,41)42)38-17-23(28-29(34)36-20-37-30(28)38)12-11-15-47-21-57-60-33(4,5)19-35-31(39)50-24-13-9-7-6-8-10-14-24/h6-7,17,20,24-27,43-44H,8-10,13-16,18-19,21-22H2,1-5H3,(H5-,34,35,36,37,39,40,41,42,45,46)/p+1/b7-6+/t24?,25?,26-,27-/m1/s1. The van der Waals surface area contributed by atoms with Gasteiger partial charge in [0.1, 0.15) is 61.3 Å². The number of ether oxygens (including phenoxy) is 4. The van der Waals surface area contributed by atoms with Gasteiger partial charge in [0, 0.05) is 28.7 Å². The van der Waals surface area contributed by atoms with E-state index in [4.69, 9.17) is 39.0 Å². The Kier molecular flexibility index (Phi) is 19.9. The summed E-state index contributed by atoms with van der Waals surface area (Å²) in [5, 5.41) is 3.34. The summed E-state index contributed by atoms with van der Waals surface area (Å²) in [5.41, 5.74) is 7.14. The molecule has 1 amide bonds.